The van der Waals surface area contributed by atoms with Gasteiger partial charge in [0.1, 0.15) is 6.17 Å². The van der Waals surface area contributed by atoms with Crippen molar-refractivity contribution in [1.29, 1.82) is 0 Å². The fraction of sp³-hybridized carbons (Fsp3) is 1.00. The van der Waals surface area contributed by atoms with Crippen LogP contribution in [0.3, 0.4) is 0 Å². The lowest BCUT2D eigenvalue weighted by molar-refractivity contribution is -0.0389. The Morgan fingerprint density at radius 2 is 1.09 bits per heavy atom. The quantitative estimate of drug-likeness (QED) is 0.519. The Labute approximate surface area is 144 Å². The SMILES string of the molecule is CC1CCC(C2CC(F)[C@@H](C3CCC(C)CC3)[C@H](C)[C@@H]2C)CC1. The molecule has 3 saturated carbocycles. The number of alkyl halides is 1. The molecule has 3 rings (SSSR count). The van der Waals surface area contributed by atoms with Gasteiger partial charge in [0.25, 0.3) is 0 Å². The average Bonchev–Trinajstić information content (AvgIpc) is 2.54. The largest absolute Gasteiger partial charge is 0.247 e. The van der Waals surface area contributed by atoms with E-state index in [1.54, 1.807) is 0 Å². The first-order valence-electron chi connectivity index (χ1n) is 10.6. The van der Waals surface area contributed by atoms with E-state index in [1.165, 1.54) is 51.4 Å². The van der Waals surface area contributed by atoms with E-state index >= 15 is 4.39 Å². The molecule has 5 atom stereocenters. The topological polar surface area (TPSA) is 0 Å². The molecule has 0 aromatic carbocycles. The predicted molar refractivity (Wildman–Crippen MR) is 97.1 cm³/mol. The van der Waals surface area contributed by atoms with E-state index in [0.29, 0.717) is 23.7 Å². The Balaban J connectivity index is 1.64. The summed E-state index contributed by atoms with van der Waals surface area (Å²) >= 11 is 0. The Hall–Kier alpha value is -0.0700. The Kier molecular flexibility index (Phi) is 5.74. The first-order chi connectivity index (χ1) is 11.0. The second-order valence-electron chi connectivity index (χ2n) is 9.75. The summed E-state index contributed by atoms with van der Waals surface area (Å²) in [4.78, 5) is 0. The van der Waals surface area contributed by atoms with Gasteiger partial charge in [-0.2, -0.15) is 0 Å². The predicted octanol–water partition coefficient (Wildman–Crippen LogP) is 6.89. The van der Waals surface area contributed by atoms with E-state index < -0.39 is 6.17 Å². The maximum atomic E-state index is 15.2. The minimum absolute atomic E-state index is 0.358. The van der Waals surface area contributed by atoms with E-state index in [9.17, 15) is 0 Å². The van der Waals surface area contributed by atoms with Crippen molar-refractivity contribution in [2.75, 3.05) is 0 Å². The molecule has 2 unspecified atom stereocenters. The number of halogens is 1. The number of rotatable bonds is 2. The fourth-order valence-electron chi connectivity index (χ4n) is 6.43. The van der Waals surface area contributed by atoms with E-state index in [2.05, 4.69) is 27.7 Å². The molecule has 0 bridgehead atoms. The molecule has 23 heavy (non-hydrogen) atoms. The second kappa shape index (κ2) is 7.44. The molecule has 0 saturated heterocycles. The van der Waals surface area contributed by atoms with Crippen molar-refractivity contribution in [2.24, 2.45) is 47.3 Å². The maximum absolute atomic E-state index is 15.2. The van der Waals surface area contributed by atoms with Gasteiger partial charge < -0.3 is 0 Å². The van der Waals surface area contributed by atoms with Gasteiger partial charge in [-0.25, -0.2) is 4.39 Å². The van der Waals surface area contributed by atoms with Crippen LogP contribution in [0.2, 0.25) is 0 Å². The van der Waals surface area contributed by atoms with E-state index in [4.69, 9.17) is 0 Å². The van der Waals surface area contributed by atoms with Crippen LogP contribution in [0.1, 0.15) is 85.5 Å². The molecule has 0 nitrogen and oxygen atoms in total. The minimum Gasteiger partial charge on any atom is -0.247 e. The summed E-state index contributed by atoms with van der Waals surface area (Å²) in [5.41, 5.74) is 0. The van der Waals surface area contributed by atoms with Gasteiger partial charge in [0.15, 0.2) is 0 Å². The Bertz CT molecular complexity index is 362. The summed E-state index contributed by atoms with van der Waals surface area (Å²) in [6.07, 6.45) is 11.1. The van der Waals surface area contributed by atoms with E-state index in [-0.39, 0.29) is 0 Å². The zero-order valence-electron chi connectivity index (χ0n) is 15.9. The monoisotopic (exact) mass is 322 g/mol. The Morgan fingerprint density at radius 3 is 1.61 bits per heavy atom. The van der Waals surface area contributed by atoms with Gasteiger partial charge >= 0.3 is 0 Å². The van der Waals surface area contributed by atoms with Gasteiger partial charge in [0.2, 0.25) is 0 Å². The number of hydrogen-bond donors (Lipinski definition) is 0. The molecule has 0 aliphatic heterocycles. The van der Waals surface area contributed by atoms with Gasteiger partial charge in [-0.3, -0.25) is 0 Å². The normalized spacial score (nSPS) is 52.3. The van der Waals surface area contributed by atoms with Gasteiger partial charge in [-0.05, 0) is 79.4 Å². The van der Waals surface area contributed by atoms with Crippen molar-refractivity contribution >= 4 is 0 Å². The van der Waals surface area contributed by atoms with Crippen molar-refractivity contribution in [1.82, 2.24) is 0 Å². The lowest BCUT2D eigenvalue weighted by atomic mass is 9.57. The second-order valence-corrected chi connectivity index (χ2v) is 9.75. The van der Waals surface area contributed by atoms with Crippen molar-refractivity contribution in [3.63, 3.8) is 0 Å². The average molecular weight is 323 g/mol. The number of hydrogen-bond acceptors (Lipinski definition) is 0. The molecule has 3 aliphatic carbocycles. The molecule has 0 heterocycles. The molecule has 3 aliphatic rings. The summed E-state index contributed by atoms with van der Waals surface area (Å²) in [5, 5.41) is 0. The van der Waals surface area contributed by atoms with Crippen LogP contribution in [0.4, 0.5) is 4.39 Å². The summed E-state index contributed by atoms with van der Waals surface area (Å²) in [5.74, 6) is 5.59. The third kappa shape index (κ3) is 3.79. The third-order valence-electron chi connectivity index (χ3n) is 8.30. The fourth-order valence-corrected chi connectivity index (χ4v) is 6.43. The van der Waals surface area contributed by atoms with Crippen LogP contribution in [-0.2, 0) is 0 Å². The van der Waals surface area contributed by atoms with Gasteiger partial charge in [-0.15, -0.1) is 0 Å². The van der Waals surface area contributed by atoms with Crippen molar-refractivity contribution in [3.8, 4) is 0 Å². The molecule has 0 amide bonds. The highest BCUT2D eigenvalue weighted by Gasteiger charge is 2.46. The highest BCUT2D eigenvalue weighted by atomic mass is 19.1. The summed E-state index contributed by atoms with van der Waals surface area (Å²) in [6.45, 7) is 9.60. The smallest absolute Gasteiger partial charge is 0.104 e. The summed E-state index contributed by atoms with van der Waals surface area (Å²) in [6, 6.07) is 0. The summed E-state index contributed by atoms with van der Waals surface area (Å²) in [7, 11) is 0. The molecule has 0 aromatic rings. The molecule has 1 heteroatoms. The first kappa shape index (κ1) is 17.7. The standard InChI is InChI=1S/C22H39F/c1-14-5-9-18(10-6-14)20-13-21(23)22(17(4)16(20)3)19-11-7-15(2)8-12-19/h14-22H,5-13H2,1-4H3/t14?,15?,16-,17+,18?,19?,20?,21?,22+/m0/s1. The summed E-state index contributed by atoms with van der Waals surface area (Å²) < 4.78 is 15.2. The van der Waals surface area contributed by atoms with E-state index in [0.717, 1.165) is 30.1 Å². The lowest BCUT2D eigenvalue weighted by Gasteiger charge is -2.49. The van der Waals surface area contributed by atoms with Crippen LogP contribution >= 0.6 is 0 Å². The third-order valence-corrected chi connectivity index (χ3v) is 8.30. The highest BCUT2D eigenvalue weighted by molar-refractivity contribution is 4.95. The van der Waals surface area contributed by atoms with E-state index in [1.807, 2.05) is 0 Å². The molecular formula is C22H39F. The van der Waals surface area contributed by atoms with Gasteiger partial charge in [-0.1, -0.05) is 53.4 Å². The van der Waals surface area contributed by atoms with Crippen LogP contribution in [0.25, 0.3) is 0 Å². The Morgan fingerprint density at radius 1 is 0.609 bits per heavy atom. The molecule has 3 fully saturated rings. The van der Waals surface area contributed by atoms with Crippen LogP contribution in [0, 0.1) is 47.3 Å². The molecule has 0 radical (unpaired) electrons. The molecule has 134 valence electrons. The minimum atomic E-state index is -0.524. The molecule has 0 spiro atoms. The van der Waals surface area contributed by atoms with Crippen LogP contribution in [0.15, 0.2) is 0 Å². The van der Waals surface area contributed by atoms with Gasteiger partial charge in [0.05, 0.1) is 0 Å². The highest BCUT2D eigenvalue weighted by Crippen LogP contribution is 2.51. The molecule has 0 N–H and O–H groups in total. The van der Waals surface area contributed by atoms with Crippen molar-refractivity contribution in [3.05, 3.63) is 0 Å². The van der Waals surface area contributed by atoms with Crippen LogP contribution in [0.5, 0.6) is 0 Å². The molecular weight excluding hydrogens is 283 g/mol. The van der Waals surface area contributed by atoms with Crippen LogP contribution in [-0.4, -0.2) is 6.17 Å². The zero-order chi connectivity index (χ0) is 16.6. The van der Waals surface area contributed by atoms with Gasteiger partial charge in [0, 0.05) is 0 Å². The van der Waals surface area contributed by atoms with Crippen molar-refractivity contribution < 1.29 is 4.39 Å². The molecule has 0 aromatic heterocycles. The van der Waals surface area contributed by atoms with Crippen LogP contribution < -0.4 is 0 Å². The van der Waals surface area contributed by atoms with Crippen molar-refractivity contribution in [2.45, 2.75) is 91.7 Å². The lowest BCUT2D eigenvalue weighted by Crippen LogP contribution is -2.45. The first-order valence-corrected chi connectivity index (χ1v) is 10.6. The maximum Gasteiger partial charge on any atom is 0.104 e. The zero-order valence-corrected chi connectivity index (χ0v) is 15.9.